The Morgan fingerprint density at radius 1 is 0.388 bits per heavy atom. The number of benzene rings is 11. The third-order valence-electron chi connectivity index (χ3n) is 13.5. The van der Waals surface area contributed by atoms with Crippen molar-refractivity contribution >= 4 is 72.1 Å². The molecule has 4 nitrogen and oxygen atoms in total. The monoisotopic (exact) mass is 852 g/mol. The second-order valence-corrected chi connectivity index (χ2v) is 17.0. The van der Waals surface area contributed by atoms with E-state index in [4.69, 9.17) is 6.57 Å². The molecular weight excluding hydrogens is 813 g/mol. The summed E-state index contributed by atoms with van der Waals surface area (Å²) < 4.78 is 0. The van der Waals surface area contributed by atoms with Gasteiger partial charge >= 0.3 is 0 Å². The van der Waals surface area contributed by atoms with Gasteiger partial charge in [0.05, 0.1) is 29.3 Å². The minimum Gasteiger partial charge on any atom is -0.311 e. The molecule has 12 rings (SSSR count). The summed E-state index contributed by atoms with van der Waals surface area (Å²) in [4.78, 5) is 8.45. The smallest absolute Gasteiger partial charge is 0.189 e. The standard InChI is InChI=1S/C63H40N4/c1-65-46-25-19-31-50(39-46)67(48-28-12-5-13-29-48)59-41-58-60(55-35-17-15-33-53(55)59)61-54-34-16-14-32-52(54)57-40-51(66(47-26-10-4-11-27-47)49-30-18-20-43(38-49)42-64)36-37-56(57)62(61)63(58,44-21-6-2-7-22-44)45-23-8-3-9-24-45/h2-41H. The van der Waals surface area contributed by atoms with E-state index in [0.717, 1.165) is 61.1 Å². The van der Waals surface area contributed by atoms with Crippen LogP contribution in [0.4, 0.5) is 39.8 Å². The summed E-state index contributed by atoms with van der Waals surface area (Å²) in [5.74, 6) is 0. The van der Waals surface area contributed by atoms with Gasteiger partial charge in [-0.05, 0) is 133 Å². The van der Waals surface area contributed by atoms with Gasteiger partial charge < -0.3 is 9.80 Å². The van der Waals surface area contributed by atoms with E-state index < -0.39 is 5.41 Å². The van der Waals surface area contributed by atoms with Gasteiger partial charge in [-0.3, -0.25) is 0 Å². The minimum atomic E-state index is -0.781. The molecule has 4 heteroatoms. The highest BCUT2D eigenvalue weighted by Gasteiger charge is 2.49. The van der Waals surface area contributed by atoms with Gasteiger partial charge in [0, 0.05) is 33.8 Å². The lowest BCUT2D eigenvalue weighted by Gasteiger charge is -2.36. The van der Waals surface area contributed by atoms with Crippen molar-refractivity contribution in [3.8, 4) is 17.2 Å². The molecule has 11 aromatic rings. The molecule has 0 saturated carbocycles. The summed E-state index contributed by atoms with van der Waals surface area (Å²) in [6.07, 6.45) is 0. The Morgan fingerprint density at radius 2 is 0.896 bits per heavy atom. The highest BCUT2D eigenvalue weighted by atomic mass is 15.1. The van der Waals surface area contributed by atoms with Crippen molar-refractivity contribution in [1.29, 1.82) is 5.26 Å². The molecule has 0 atom stereocenters. The first-order valence-electron chi connectivity index (χ1n) is 22.5. The molecule has 0 unspecified atom stereocenters. The van der Waals surface area contributed by atoms with Crippen LogP contribution < -0.4 is 9.80 Å². The molecule has 0 aliphatic heterocycles. The van der Waals surface area contributed by atoms with Crippen LogP contribution in [-0.2, 0) is 5.41 Å². The molecule has 0 amide bonds. The zero-order valence-electron chi connectivity index (χ0n) is 36.4. The number of hydrogen-bond acceptors (Lipinski definition) is 3. The summed E-state index contributed by atoms with van der Waals surface area (Å²) in [5, 5.41) is 16.9. The van der Waals surface area contributed by atoms with Gasteiger partial charge in [0.2, 0.25) is 0 Å². The maximum absolute atomic E-state index is 10.0. The first-order chi connectivity index (χ1) is 33.2. The van der Waals surface area contributed by atoms with Gasteiger partial charge in [-0.25, -0.2) is 4.85 Å². The molecule has 0 spiro atoms. The Bertz CT molecular complexity index is 3740. The van der Waals surface area contributed by atoms with Crippen LogP contribution >= 0.6 is 0 Å². The summed E-state index contributed by atoms with van der Waals surface area (Å²) in [7, 11) is 0. The molecule has 0 aromatic heterocycles. The summed E-state index contributed by atoms with van der Waals surface area (Å²) in [6, 6.07) is 88.2. The van der Waals surface area contributed by atoms with Crippen molar-refractivity contribution in [1.82, 2.24) is 0 Å². The van der Waals surface area contributed by atoms with Gasteiger partial charge in [0.15, 0.2) is 5.69 Å². The van der Waals surface area contributed by atoms with Crippen molar-refractivity contribution in [3.63, 3.8) is 0 Å². The number of nitrogens with zero attached hydrogens (tertiary/aromatic N) is 4. The predicted octanol–water partition coefficient (Wildman–Crippen LogP) is 16.9. The molecular formula is C63H40N4. The molecule has 0 N–H and O–H groups in total. The fraction of sp³-hybridized carbons (Fsp3) is 0.0159. The molecule has 0 radical (unpaired) electrons. The zero-order chi connectivity index (χ0) is 44.9. The van der Waals surface area contributed by atoms with Crippen molar-refractivity contribution in [2.24, 2.45) is 0 Å². The normalized spacial score (nSPS) is 12.3. The van der Waals surface area contributed by atoms with Crippen LogP contribution in [0.3, 0.4) is 0 Å². The molecule has 0 saturated heterocycles. The van der Waals surface area contributed by atoms with Crippen molar-refractivity contribution in [2.45, 2.75) is 5.41 Å². The van der Waals surface area contributed by atoms with Crippen LogP contribution in [0.15, 0.2) is 243 Å². The van der Waals surface area contributed by atoms with E-state index in [9.17, 15) is 5.26 Å². The Balaban J connectivity index is 1.25. The molecule has 1 aliphatic carbocycles. The van der Waals surface area contributed by atoms with Gasteiger partial charge in [-0.1, -0.05) is 170 Å². The van der Waals surface area contributed by atoms with E-state index >= 15 is 0 Å². The lowest BCUT2D eigenvalue weighted by molar-refractivity contribution is 0.776. The van der Waals surface area contributed by atoms with E-state index in [0.29, 0.717) is 11.3 Å². The largest absolute Gasteiger partial charge is 0.311 e. The first-order valence-corrected chi connectivity index (χ1v) is 22.5. The van der Waals surface area contributed by atoms with E-state index in [1.807, 2.05) is 42.5 Å². The molecule has 67 heavy (non-hydrogen) atoms. The molecule has 0 fully saturated rings. The SMILES string of the molecule is [C-]#[N+]c1cccc(N(c2ccccc2)c2cc3c(c4ccccc24)-c2c(c4ccc(N(c5ccccc5)c5cccc(C#N)c5)cc4c4ccccc24)C3(c2ccccc2)c2ccccc2)c1. The fourth-order valence-corrected chi connectivity index (χ4v) is 10.8. The topological polar surface area (TPSA) is 34.6 Å². The highest BCUT2D eigenvalue weighted by Crippen LogP contribution is 2.63. The van der Waals surface area contributed by atoms with Crippen LogP contribution in [0.5, 0.6) is 0 Å². The van der Waals surface area contributed by atoms with Crippen molar-refractivity contribution < 1.29 is 0 Å². The maximum atomic E-state index is 10.0. The zero-order valence-corrected chi connectivity index (χ0v) is 36.4. The number of fused-ring (bicyclic) bond motifs is 10. The summed E-state index contributed by atoms with van der Waals surface area (Å²) in [6.45, 7) is 8.00. The lowest BCUT2D eigenvalue weighted by atomic mass is 9.66. The van der Waals surface area contributed by atoms with E-state index in [2.05, 4.69) is 221 Å². The molecule has 11 aromatic carbocycles. The fourth-order valence-electron chi connectivity index (χ4n) is 10.8. The number of anilines is 6. The van der Waals surface area contributed by atoms with Crippen molar-refractivity contribution in [3.05, 3.63) is 282 Å². The van der Waals surface area contributed by atoms with Crippen LogP contribution in [0.1, 0.15) is 27.8 Å². The van der Waals surface area contributed by atoms with Gasteiger partial charge in [-0.15, -0.1) is 0 Å². The van der Waals surface area contributed by atoms with E-state index in [-0.39, 0.29) is 0 Å². The maximum Gasteiger partial charge on any atom is 0.189 e. The third-order valence-corrected chi connectivity index (χ3v) is 13.5. The molecule has 312 valence electrons. The van der Waals surface area contributed by atoms with Crippen LogP contribution in [0, 0.1) is 17.9 Å². The van der Waals surface area contributed by atoms with Crippen molar-refractivity contribution in [2.75, 3.05) is 9.80 Å². The number of para-hydroxylation sites is 2. The van der Waals surface area contributed by atoms with Gasteiger partial charge in [0.1, 0.15) is 0 Å². The van der Waals surface area contributed by atoms with Gasteiger partial charge in [0.25, 0.3) is 0 Å². The lowest BCUT2D eigenvalue weighted by Crippen LogP contribution is -2.29. The molecule has 1 aliphatic rings. The van der Waals surface area contributed by atoms with Crippen LogP contribution in [0.25, 0.3) is 48.3 Å². The first kappa shape index (κ1) is 39.4. The summed E-state index contributed by atoms with van der Waals surface area (Å²) in [5.41, 5.74) is 13.5. The predicted molar refractivity (Wildman–Crippen MR) is 277 cm³/mol. The average Bonchev–Trinajstić information content (AvgIpc) is 3.72. The Kier molecular flexibility index (Phi) is 9.46. The Morgan fingerprint density at radius 3 is 1.52 bits per heavy atom. The minimum absolute atomic E-state index is 0.583. The third kappa shape index (κ3) is 6.20. The molecule has 0 heterocycles. The number of nitriles is 1. The van der Waals surface area contributed by atoms with E-state index in [1.165, 1.54) is 38.8 Å². The van der Waals surface area contributed by atoms with Crippen LogP contribution in [-0.4, -0.2) is 0 Å². The van der Waals surface area contributed by atoms with Crippen LogP contribution in [0.2, 0.25) is 0 Å². The Hall–Kier alpha value is -9.22. The average molecular weight is 853 g/mol. The summed E-state index contributed by atoms with van der Waals surface area (Å²) >= 11 is 0. The highest BCUT2D eigenvalue weighted by molar-refractivity contribution is 6.24. The second-order valence-electron chi connectivity index (χ2n) is 17.0. The Labute approximate surface area is 389 Å². The van der Waals surface area contributed by atoms with Gasteiger partial charge in [-0.2, -0.15) is 5.26 Å². The quantitative estimate of drug-likeness (QED) is 0.113. The number of rotatable bonds is 8. The number of hydrogen-bond donors (Lipinski definition) is 0. The second kappa shape index (κ2) is 16.1. The molecule has 0 bridgehead atoms. The van der Waals surface area contributed by atoms with E-state index in [1.54, 1.807) is 0 Å².